The summed E-state index contributed by atoms with van der Waals surface area (Å²) >= 11 is 0. The van der Waals surface area contributed by atoms with E-state index in [0.29, 0.717) is 5.56 Å². The summed E-state index contributed by atoms with van der Waals surface area (Å²) in [6.45, 7) is 4.70. The molecule has 0 amide bonds. The van der Waals surface area contributed by atoms with Crippen molar-refractivity contribution in [3.63, 3.8) is 0 Å². The Morgan fingerprint density at radius 2 is 2.00 bits per heavy atom. The maximum Gasteiger partial charge on any atom is 0.335 e. The fourth-order valence-corrected chi connectivity index (χ4v) is 3.02. The van der Waals surface area contributed by atoms with Gasteiger partial charge in [0.05, 0.1) is 5.56 Å². The lowest BCUT2D eigenvalue weighted by Crippen LogP contribution is -2.28. The van der Waals surface area contributed by atoms with Crippen LogP contribution in [0.25, 0.3) is 0 Å². The molecule has 0 aliphatic carbocycles. The minimum absolute atomic E-state index is 0.395. The molecule has 0 saturated carbocycles. The molecule has 4 heteroatoms. The van der Waals surface area contributed by atoms with Crippen molar-refractivity contribution in [3.05, 3.63) is 34.9 Å². The Bertz CT molecular complexity index is 480. The predicted molar refractivity (Wildman–Crippen MR) is 71.1 cm³/mol. The van der Waals surface area contributed by atoms with Gasteiger partial charge in [0, 0.05) is 32.8 Å². The topological polar surface area (TPSA) is 49.8 Å². The SMILES string of the molecule is O=C(O)c1ccc2c(c1)CN(CC1CCOCC1)C2. The Morgan fingerprint density at radius 1 is 1.26 bits per heavy atom. The van der Waals surface area contributed by atoms with E-state index in [9.17, 15) is 4.79 Å². The second-order valence-electron chi connectivity index (χ2n) is 5.51. The van der Waals surface area contributed by atoms with Crippen molar-refractivity contribution in [2.45, 2.75) is 25.9 Å². The number of carboxylic acids is 1. The van der Waals surface area contributed by atoms with Gasteiger partial charge >= 0.3 is 5.97 Å². The van der Waals surface area contributed by atoms with Gasteiger partial charge in [-0.05, 0) is 42.0 Å². The van der Waals surface area contributed by atoms with Gasteiger partial charge in [-0.1, -0.05) is 6.07 Å². The molecule has 4 nitrogen and oxygen atoms in total. The van der Waals surface area contributed by atoms with E-state index >= 15 is 0 Å². The third kappa shape index (κ3) is 2.80. The Hall–Kier alpha value is -1.39. The Morgan fingerprint density at radius 3 is 2.74 bits per heavy atom. The number of rotatable bonds is 3. The molecule has 1 aromatic carbocycles. The molecule has 102 valence electrons. The van der Waals surface area contributed by atoms with Crippen molar-refractivity contribution >= 4 is 5.97 Å². The molecule has 0 spiro atoms. The van der Waals surface area contributed by atoms with Gasteiger partial charge in [-0.3, -0.25) is 4.90 Å². The highest BCUT2D eigenvalue weighted by molar-refractivity contribution is 5.87. The lowest BCUT2D eigenvalue weighted by molar-refractivity contribution is 0.0520. The zero-order valence-corrected chi connectivity index (χ0v) is 11.0. The molecule has 1 aromatic rings. The summed E-state index contributed by atoms with van der Waals surface area (Å²) < 4.78 is 5.38. The summed E-state index contributed by atoms with van der Waals surface area (Å²) in [5.41, 5.74) is 2.84. The number of hydrogen-bond donors (Lipinski definition) is 1. The maximum atomic E-state index is 11.0. The maximum absolute atomic E-state index is 11.0. The summed E-state index contributed by atoms with van der Waals surface area (Å²) in [6.07, 6.45) is 2.29. The van der Waals surface area contributed by atoms with Gasteiger partial charge in [-0.25, -0.2) is 4.79 Å². The van der Waals surface area contributed by atoms with Crippen molar-refractivity contribution in [1.82, 2.24) is 4.90 Å². The zero-order valence-electron chi connectivity index (χ0n) is 11.0. The van der Waals surface area contributed by atoms with Crippen LogP contribution in [0.3, 0.4) is 0 Å². The summed E-state index contributed by atoms with van der Waals surface area (Å²) in [6, 6.07) is 5.49. The highest BCUT2D eigenvalue weighted by Gasteiger charge is 2.23. The summed E-state index contributed by atoms with van der Waals surface area (Å²) in [5, 5.41) is 9.02. The average molecular weight is 261 g/mol. The Kier molecular flexibility index (Phi) is 3.53. The number of ether oxygens (including phenoxy) is 1. The zero-order chi connectivity index (χ0) is 13.2. The van der Waals surface area contributed by atoms with Crippen LogP contribution in [-0.2, 0) is 17.8 Å². The number of carboxylic acid groups (broad SMARTS) is 1. The molecule has 0 radical (unpaired) electrons. The normalized spacial score (nSPS) is 20.4. The molecule has 0 bridgehead atoms. The first-order valence-electron chi connectivity index (χ1n) is 6.87. The van der Waals surface area contributed by atoms with Gasteiger partial charge in [0.2, 0.25) is 0 Å². The Balaban J connectivity index is 1.64. The second kappa shape index (κ2) is 5.31. The van der Waals surface area contributed by atoms with Gasteiger partial charge in [0.1, 0.15) is 0 Å². The van der Waals surface area contributed by atoms with E-state index in [1.54, 1.807) is 6.07 Å². The molecule has 0 aromatic heterocycles. The van der Waals surface area contributed by atoms with Gasteiger partial charge in [-0.15, -0.1) is 0 Å². The summed E-state index contributed by atoms with van der Waals surface area (Å²) in [5.74, 6) is -0.118. The lowest BCUT2D eigenvalue weighted by atomic mass is 10.00. The third-order valence-corrected chi connectivity index (χ3v) is 4.10. The highest BCUT2D eigenvalue weighted by Crippen LogP contribution is 2.26. The standard InChI is InChI=1S/C15H19NO3/c17-15(18)12-1-2-13-9-16(10-14(13)7-12)8-11-3-5-19-6-4-11/h1-2,7,11H,3-6,8-10H2,(H,17,18). The number of carbonyl (C=O) groups is 1. The second-order valence-corrected chi connectivity index (χ2v) is 5.51. The van der Waals surface area contributed by atoms with Crippen LogP contribution in [0.2, 0.25) is 0 Å². The monoisotopic (exact) mass is 261 g/mol. The molecule has 0 unspecified atom stereocenters. The van der Waals surface area contributed by atoms with Crippen LogP contribution in [0.15, 0.2) is 18.2 Å². The summed E-state index contributed by atoms with van der Waals surface area (Å²) in [4.78, 5) is 13.4. The van der Waals surface area contributed by atoms with Crippen LogP contribution in [0.4, 0.5) is 0 Å². The van der Waals surface area contributed by atoms with Gasteiger partial charge in [-0.2, -0.15) is 0 Å². The van der Waals surface area contributed by atoms with Gasteiger partial charge in [0.15, 0.2) is 0 Å². The number of aromatic carboxylic acids is 1. The quantitative estimate of drug-likeness (QED) is 0.905. The average Bonchev–Trinajstić information content (AvgIpc) is 2.80. The van der Waals surface area contributed by atoms with Crippen molar-refractivity contribution in [2.75, 3.05) is 19.8 Å². The number of nitrogens with zero attached hydrogens (tertiary/aromatic N) is 1. The molecule has 19 heavy (non-hydrogen) atoms. The smallest absolute Gasteiger partial charge is 0.335 e. The van der Waals surface area contributed by atoms with Crippen LogP contribution >= 0.6 is 0 Å². The first kappa shape index (κ1) is 12.6. The summed E-state index contributed by atoms with van der Waals surface area (Å²) in [7, 11) is 0. The first-order chi connectivity index (χ1) is 9.22. The fraction of sp³-hybridized carbons (Fsp3) is 0.533. The fourth-order valence-electron chi connectivity index (χ4n) is 3.02. The van der Waals surface area contributed by atoms with Crippen molar-refractivity contribution in [2.24, 2.45) is 5.92 Å². The minimum Gasteiger partial charge on any atom is -0.478 e. The molecular formula is C15H19NO3. The molecule has 1 N–H and O–H groups in total. The van der Waals surface area contributed by atoms with E-state index < -0.39 is 5.97 Å². The largest absolute Gasteiger partial charge is 0.478 e. The van der Waals surface area contributed by atoms with E-state index in [2.05, 4.69) is 4.90 Å². The molecule has 2 aliphatic heterocycles. The van der Waals surface area contributed by atoms with Crippen LogP contribution in [0, 0.1) is 5.92 Å². The van der Waals surface area contributed by atoms with Crippen LogP contribution in [-0.4, -0.2) is 35.7 Å². The predicted octanol–water partition coefficient (Wildman–Crippen LogP) is 2.13. The number of benzene rings is 1. The third-order valence-electron chi connectivity index (χ3n) is 4.10. The van der Waals surface area contributed by atoms with E-state index in [4.69, 9.17) is 9.84 Å². The van der Waals surface area contributed by atoms with Crippen molar-refractivity contribution < 1.29 is 14.6 Å². The van der Waals surface area contributed by atoms with E-state index in [1.807, 2.05) is 12.1 Å². The highest BCUT2D eigenvalue weighted by atomic mass is 16.5. The van der Waals surface area contributed by atoms with Crippen molar-refractivity contribution in [3.8, 4) is 0 Å². The Labute approximate surface area is 113 Å². The van der Waals surface area contributed by atoms with E-state index in [-0.39, 0.29) is 0 Å². The first-order valence-corrected chi connectivity index (χ1v) is 6.87. The molecule has 2 heterocycles. The molecule has 2 aliphatic rings. The lowest BCUT2D eigenvalue weighted by Gasteiger charge is -2.26. The molecule has 1 fully saturated rings. The van der Waals surface area contributed by atoms with E-state index in [1.165, 1.54) is 11.1 Å². The molecule has 3 rings (SSSR count). The van der Waals surface area contributed by atoms with Gasteiger partial charge in [0.25, 0.3) is 0 Å². The molecular weight excluding hydrogens is 242 g/mol. The van der Waals surface area contributed by atoms with Crippen LogP contribution in [0.5, 0.6) is 0 Å². The van der Waals surface area contributed by atoms with Crippen LogP contribution < -0.4 is 0 Å². The number of hydrogen-bond acceptors (Lipinski definition) is 3. The minimum atomic E-state index is -0.842. The molecule has 1 saturated heterocycles. The molecule has 0 atom stereocenters. The number of fused-ring (bicyclic) bond motifs is 1. The van der Waals surface area contributed by atoms with E-state index in [0.717, 1.165) is 51.6 Å². The van der Waals surface area contributed by atoms with Gasteiger partial charge < -0.3 is 9.84 Å². The van der Waals surface area contributed by atoms with Crippen molar-refractivity contribution in [1.29, 1.82) is 0 Å². The van der Waals surface area contributed by atoms with Crippen LogP contribution in [0.1, 0.15) is 34.3 Å².